The van der Waals surface area contributed by atoms with E-state index in [4.69, 9.17) is 10.5 Å². The number of rotatable bonds is 4. The number of carbonyl (C=O) groups is 2. The average molecular weight is 298 g/mol. The molecular formula is C17H18N2O3. The number of nitrogens with one attached hydrogen (secondary N) is 1. The van der Waals surface area contributed by atoms with Crippen LogP contribution in [0, 0.1) is 13.8 Å². The lowest BCUT2D eigenvalue weighted by atomic mass is 10.0. The fraction of sp³-hybridized carbons (Fsp3) is 0.176. The lowest BCUT2D eigenvalue weighted by Crippen LogP contribution is -2.19. The summed E-state index contributed by atoms with van der Waals surface area (Å²) in [4.78, 5) is 24.0. The number of nitrogens with two attached hydrogens (primary N) is 1. The Labute approximate surface area is 129 Å². The Hall–Kier alpha value is -2.82. The minimum atomic E-state index is -0.594. The van der Waals surface area contributed by atoms with Crippen LogP contribution >= 0.6 is 0 Å². The molecule has 0 spiro atoms. The van der Waals surface area contributed by atoms with E-state index in [2.05, 4.69) is 5.32 Å². The van der Waals surface area contributed by atoms with E-state index in [0.717, 1.165) is 11.1 Å². The Balaban J connectivity index is 2.41. The molecule has 0 aliphatic heterocycles. The average Bonchev–Trinajstić information content (AvgIpc) is 2.46. The van der Waals surface area contributed by atoms with Crippen LogP contribution < -0.4 is 15.8 Å². The molecule has 0 heterocycles. The lowest BCUT2D eigenvalue weighted by molar-refractivity contribution is 0.100. The van der Waals surface area contributed by atoms with Gasteiger partial charge in [0.1, 0.15) is 5.75 Å². The summed E-state index contributed by atoms with van der Waals surface area (Å²) >= 11 is 0. The summed E-state index contributed by atoms with van der Waals surface area (Å²) in [6, 6.07) is 10.3. The second kappa shape index (κ2) is 6.30. The van der Waals surface area contributed by atoms with Gasteiger partial charge in [0.05, 0.1) is 23.9 Å². The maximum absolute atomic E-state index is 12.6. The zero-order valence-electron chi connectivity index (χ0n) is 12.8. The van der Waals surface area contributed by atoms with Crippen LogP contribution in [0.3, 0.4) is 0 Å². The monoisotopic (exact) mass is 298 g/mol. The number of para-hydroxylation sites is 1. The van der Waals surface area contributed by atoms with Gasteiger partial charge in [-0.15, -0.1) is 0 Å². The Kier molecular flexibility index (Phi) is 4.46. The van der Waals surface area contributed by atoms with Crippen LogP contribution in [0.2, 0.25) is 0 Å². The van der Waals surface area contributed by atoms with Crippen LogP contribution in [0.1, 0.15) is 31.8 Å². The normalized spacial score (nSPS) is 10.1. The number of hydrogen-bond acceptors (Lipinski definition) is 3. The second-order valence-corrected chi connectivity index (χ2v) is 5.02. The molecule has 5 nitrogen and oxygen atoms in total. The standard InChI is InChI=1S/C17H18N2O3/c1-10-8-11(2)15(14(9-10)22-3)17(21)19-13-7-5-4-6-12(13)16(18)20/h4-9H,1-3H3,(H2,18,20)(H,19,21). The number of aryl methyl sites for hydroxylation is 2. The van der Waals surface area contributed by atoms with Gasteiger partial charge >= 0.3 is 0 Å². The van der Waals surface area contributed by atoms with Crippen molar-refractivity contribution in [2.24, 2.45) is 5.73 Å². The molecule has 3 N–H and O–H groups in total. The number of carbonyl (C=O) groups excluding carboxylic acids is 2. The van der Waals surface area contributed by atoms with Crippen molar-refractivity contribution in [3.8, 4) is 5.75 Å². The molecule has 0 bridgehead atoms. The van der Waals surface area contributed by atoms with Gasteiger partial charge in [-0.3, -0.25) is 9.59 Å². The molecule has 0 aliphatic carbocycles. The highest BCUT2D eigenvalue weighted by atomic mass is 16.5. The summed E-state index contributed by atoms with van der Waals surface area (Å²) < 4.78 is 5.29. The van der Waals surface area contributed by atoms with E-state index < -0.39 is 5.91 Å². The van der Waals surface area contributed by atoms with Crippen molar-refractivity contribution in [2.45, 2.75) is 13.8 Å². The minimum absolute atomic E-state index is 0.264. The third-order valence-electron chi connectivity index (χ3n) is 3.33. The largest absolute Gasteiger partial charge is 0.496 e. The van der Waals surface area contributed by atoms with E-state index in [1.54, 1.807) is 30.3 Å². The quantitative estimate of drug-likeness (QED) is 0.910. The van der Waals surface area contributed by atoms with E-state index in [9.17, 15) is 9.59 Å². The third-order valence-corrected chi connectivity index (χ3v) is 3.33. The summed E-state index contributed by atoms with van der Waals surface area (Å²) in [5, 5.41) is 2.72. The molecule has 2 amide bonds. The summed E-state index contributed by atoms with van der Waals surface area (Å²) in [6.45, 7) is 3.77. The van der Waals surface area contributed by atoms with E-state index >= 15 is 0 Å². The number of primary amides is 1. The van der Waals surface area contributed by atoms with Gasteiger partial charge < -0.3 is 15.8 Å². The van der Waals surface area contributed by atoms with Crippen molar-refractivity contribution < 1.29 is 14.3 Å². The SMILES string of the molecule is COc1cc(C)cc(C)c1C(=O)Nc1ccccc1C(N)=O. The molecule has 0 aromatic heterocycles. The van der Waals surface area contributed by atoms with Crippen molar-refractivity contribution in [2.75, 3.05) is 12.4 Å². The van der Waals surface area contributed by atoms with E-state index in [0.29, 0.717) is 17.0 Å². The van der Waals surface area contributed by atoms with Gasteiger partial charge in [0.15, 0.2) is 0 Å². The highest BCUT2D eigenvalue weighted by molar-refractivity contribution is 6.10. The first-order valence-electron chi connectivity index (χ1n) is 6.79. The molecular weight excluding hydrogens is 280 g/mol. The highest BCUT2D eigenvalue weighted by Gasteiger charge is 2.18. The summed E-state index contributed by atoms with van der Waals surface area (Å²) in [5.74, 6) is -0.446. The molecule has 114 valence electrons. The predicted octanol–water partition coefficient (Wildman–Crippen LogP) is 2.66. The van der Waals surface area contributed by atoms with Crippen LogP contribution in [0.25, 0.3) is 0 Å². The molecule has 0 unspecified atom stereocenters. The number of ether oxygens (including phenoxy) is 1. The molecule has 0 radical (unpaired) electrons. The van der Waals surface area contributed by atoms with Crippen molar-refractivity contribution in [1.82, 2.24) is 0 Å². The van der Waals surface area contributed by atoms with Crippen molar-refractivity contribution in [3.05, 3.63) is 58.7 Å². The smallest absolute Gasteiger partial charge is 0.259 e. The van der Waals surface area contributed by atoms with Gasteiger partial charge in [0.2, 0.25) is 0 Å². The van der Waals surface area contributed by atoms with Crippen molar-refractivity contribution >= 4 is 17.5 Å². The summed E-state index contributed by atoms with van der Waals surface area (Å²) in [5.41, 5.74) is 8.20. The molecule has 0 aliphatic rings. The number of benzene rings is 2. The zero-order chi connectivity index (χ0) is 16.3. The number of amides is 2. The lowest BCUT2D eigenvalue weighted by Gasteiger charge is -2.14. The molecule has 0 saturated carbocycles. The van der Waals surface area contributed by atoms with Gasteiger partial charge in [-0.2, -0.15) is 0 Å². The molecule has 0 saturated heterocycles. The Morgan fingerprint density at radius 3 is 2.45 bits per heavy atom. The van der Waals surface area contributed by atoms with Crippen LogP contribution in [0.5, 0.6) is 5.75 Å². The molecule has 2 rings (SSSR count). The second-order valence-electron chi connectivity index (χ2n) is 5.02. The minimum Gasteiger partial charge on any atom is -0.496 e. The molecule has 5 heteroatoms. The van der Waals surface area contributed by atoms with E-state index in [1.165, 1.54) is 7.11 Å². The van der Waals surface area contributed by atoms with Gasteiger partial charge in [0, 0.05) is 0 Å². The Morgan fingerprint density at radius 1 is 1.14 bits per heavy atom. The first-order chi connectivity index (χ1) is 10.4. The highest BCUT2D eigenvalue weighted by Crippen LogP contribution is 2.26. The predicted molar refractivity (Wildman–Crippen MR) is 85.4 cm³/mol. The van der Waals surface area contributed by atoms with Gasteiger partial charge in [-0.25, -0.2) is 0 Å². The first-order valence-corrected chi connectivity index (χ1v) is 6.79. The van der Waals surface area contributed by atoms with Gasteiger partial charge in [-0.05, 0) is 43.2 Å². The molecule has 2 aromatic carbocycles. The van der Waals surface area contributed by atoms with Crippen molar-refractivity contribution in [3.63, 3.8) is 0 Å². The topological polar surface area (TPSA) is 81.4 Å². The van der Waals surface area contributed by atoms with Gasteiger partial charge in [0.25, 0.3) is 11.8 Å². The van der Waals surface area contributed by atoms with E-state index in [1.807, 2.05) is 19.9 Å². The fourth-order valence-corrected chi connectivity index (χ4v) is 2.37. The molecule has 2 aromatic rings. The van der Waals surface area contributed by atoms with Gasteiger partial charge in [-0.1, -0.05) is 18.2 Å². The summed E-state index contributed by atoms with van der Waals surface area (Å²) in [7, 11) is 1.52. The zero-order valence-corrected chi connectivity index (χ0v) is 12.8. The van der Waals surface area contributed by atoms with Crippen LogP contribution in [0.4, 0.5) is 5.69 Å². The van der Waals surface area contributed by atoms with Crippen LogP contribution in [0.15, 0.2) is 36.4 Å². The first kappa shape index (κ1) is 15.6. The number of anilines is 1. The maximum Gasteiger partial charge on any atom is 0.259 e. The van der Waals surface area contributed by atoms with Crippen LogP contribution in [-0.2, 0) is 0 Å². The van der Waals surface area contributed by atoms with Crippen molar-refractivity contribution in [1.29, 1.82) is 0 Å². The molecule has 0 atom stereocenters. The maximum atomic E-state index is 12.6. The number of hydrogen-bond donors (Lipinski definition) is 2. The Morgan fingerprint density at radius 2 is 1.82 bits per heavy atom. The third kappa shape index (κ3) is 3.09. The van der Waals surface area contributed by atoms with E-state index in [-0.39, 0.29) is 11.5 Å². The molecule has 0 fully saturated rings. The fourth-order valence-electron chi connectivity index (χ4n) is 2.37. The Bertz CT molecular complexity index is 739. The van der Waals surface area contributed by atoms with Crippen LogP contribution in [-0.4, -0.2) is 18.9 Å². The summed E-state index contributed by atoms with van der Waals surface area (Å²) in [6.07, 6.45) is 0. The number of methoxy groups -OCH3 is 1. The molecule has 22 heavy (non-hydrogen) atoms.